The lowest BCUT2D eigenvalue weighted by Crippen LogP contribution is -2.19. The van der Waals surface area contributed by atoms with Gasteiger partial charge in [0.2, 0.25) is 5.91 Å². The summed E-state index contributed by atoms with van der Waals surface area (Å²) in [6.07, 6.45) is -4.49. The molecule has 0 saturated carbocycles. The molecule has 5 nitrogen and oxygen atoms in total. The summed E-state index contributed by atoms with van der Waals surface area (Å²) >= 11 is 0. The molecule has 0 fully saturated rings. The summed E-state index contributed by atoms with van der Waals surface area (Å²) in [5.41, 5.74) is -0.258. The lowest BCUT2D eigenvalue weighted by Gasteiger charge is -2.11. The molecule has 0 spiro atoms. The van der Waals surface area contributed by atoms with Gasteiger partial charge in [0.15, 0.2) is 0 Å². The van der Waals surface area contributed by atoms with Gasteiger partial charge in [0.05, 0.1) is 5.56 Å². The summed E-state index contributed by atoms with van der Waals surface area (Å²) < 4.78 is 43.2. The Morgan fingerprint density at radius 3 is 2.31 bits per heavy atom. The fraction of sp³-hybridized carbons (Fsp3) is 0.222. The van der Waals surface area contributed by atoms with E-state index in [1.165, 1.54) is 24.3 Å². The summed E-state index contributed by atoms with van der Waals surface area (Å²) in [6, 6.07) is 10.4. The van der Waals surface area contributed by atoms with Crippen LogP contribution in [-0.2, 0) is 15.7 Å². The second kappa shape index (κ2) is 8.48. The van der Waals surface area contributed by atoms with Crippen molar-refractivity contribution in [3.8, 4) is 0 Å². The highest BCUT2D eigenvalue weighted by Gasteiger charge is 2.30. The summed E-state index contributed by atoms with van der Waals surface area (Å²) in [5.74, 6) is -0.965. The minimum absolute atomic E-state index is 0.0237. The first-order chi connectivity index (χ1) is 12.3. The van der Waals surface area contributed by atoms with E-state index in [2.05, 4.69) is 10.6 Å². The van der Waals surface area contributed by atoms with Crippen molar-refractivity contribution in [3.05, 3.63) is 59.7 Å². The smallest absolute Gasteiger partial charge is 0.372 e. The van der Waals surface area contributed by atoms with Crippen LogP contribution in [0.2, 0.25) is 0 Å². The zero-order valence-corrected chi connectivity index (χ0v) is 13.9. The normalized spacial score (nSPS) is 11.1. The van der Waals surface area contributed by atoms with Gasteiger partial charge in [-0.25, -0.2) is 0 Å². The fourth-order valence-corrected chi connectivity index (χ4v) is 2.11. The molecule has 0 heterocycles. The predicted molar refractivity (Wildman–Crippen MR) is 91.0 cm³/mol. The third-order valence-corrected chi connectivity index (χ3v) is 3.29. The number of amides is 2. The maximum absolute atomic E-state index is 12.7. The first-order valence-corrected chi connectivity index (χ1v) is 7.76. The molecule has 26 heavy (non-hydrogen) atoms. The molecule has 0 saturated heterocycles. The molecule has 0 bridgehead atoms. The molecule has 2 rings (SSSR count). The second-order valence-corrected chi connectivity index (χ2v) is 5.30. The van der Waals surface area contributed by atoms with Crippen LogP contribution in [0.4, 0.5) is 24.5 Å². The zero-order chi connectivity index (χ0) is 19.2. The van der Waals surface area contributed by atoms with E-state index < -0.39 is 17.6 Å². The maximum Gasteiger partial charge on any atom is 0.416 e. The maximum atomic E-state index is 12.7. The summed E-state index contributed by atoms with van der Waals surface area (Å²) in [5, 5.41) is 4.98. The number of benzene rings is 2. The number of rotatable bonds is 6. The molecule has 2 N–H and O–H groups in total. The molecule has 138 valence electrons. The van der Waals surface area contributed by atoms with Crippen LogP contribution in [0.25, 0.3) is 0 Å². The van der Waals surface area contributed by atoms with Crippen molar-refractivity contribution < 1.29 is 27.5 Å². The first-order valence-electron chi connectivity index (χ1n) is 7.76. The molecular formula is C18H17F3N2O3. The van der Waals surface area contributed by atoms with Crippen LogP contribution < -0.4 is 10.6 Å². The summed E-state index contributed by atoms with van der Waals surface area (Å²) in [6.45, 7) is 2.04. The van der Waals surface area contributed by atoms with E-state index in [0.717, 1.165) is 12.1 Å². The van der Waals surface area contributed by atoms with E-state index in [-0.39, 0.29) is 23.8 Å². The molecule has 8 heteroatoms. The van der Waals surface area contributed by atoms with Gasteiger partial charge in [0, 0.05) is 23.5 Å². The Labute approximate surface area is 148 Å². The Bertz CT molecular complexity index is 791. The SMILES string of the molecule is CCOCC(=O)Nc1cccc(C(=O)Nc2cccc(C(F)(F)F)c2)c1. The van der Waals surface area contributed by atoms with Gasteiger partial charge in [-0.1, -0.05) is 12.1 Å². The number of hydrogen-bond acceptors (Lipinski definition) is 3. The fourth-order valence-electron chi connectivity index (χ4n) is 2.11. The minimum Gasteiger partial charge on any atom is -0.372 e. The monoisotopic (exact) mass is 366 g/mol. The summed E-state index contributed by atoms with van der Waals surface area (Å²) in [7, 11) is 0. The molecule has 0 atom stereocenters. The van der Waals surface area contributed by atoms with Gasteiger partial charge in [0.1, 0.15) is 6.61 Å². The first kappa shape index (κ1) is 19.5. The number of carbonyl (C=O) groups excluding carboxylic acids is 2. The molecule has 2 aromatic carbocycles. The lowest BCUT2D eigenvalue weighted by atomic mass is 10.1. The van der Waals surface area contributed by atoms with Crippen LogP contribution in [0.5, 0.6) is 0 Å². The van der Waals surface area contributed by atoms with E-state index in [1.807, 2.05) is 0 Å². The second-order valence-electron chi connectivity index (χ2n) is 5.30. The molecule has 0 aromatic heterocycles. The average molecular weight is 366 g/mol. The van der Waals surface area contributed by atoms with Crippen molar-refractivity contribution in [1.82, 2.24) is 0 Å². The largest absolute Gasteiger partial charge is 0.416 e. The molecule has 2 aromatic rings. The number of carbonyl (C=O) groups is 2. The van der Waals surface area contributed by atoms with Crippen molar-refractivity contribution in [2.24, 2.45) is 0 Å². The number of ether oxygens (including phenoxy) is 1. The third-order valence-electron chi connectivity index (χ3n) is 3.29. The van der Waals surface area contributed by atoms with Crippen molar-refractivity contribution in [2.45, 2.75) is 13.1 Å². The molecule has 2 amide bonds. The van der Waals surface area contributed by atoms with E-state index >= 15 is 0 Å². The van der Waals surface area contributed by atoms with Crippen LogP contribution >= 0.6 is 0 Å². The summed E-state index contributed by atoms with van der Waals surface area (Å²) in [4.78, 5) is 23.9. The molecule has 0 aliphatic rings. The Morgan fingerprint density at radius 1 is 1.00 bits per heavy atom. The number of nitrogens with one attached hydrogen (secondary N) is 2. The van der Waals surface area contributed by atoms with Gasteiger partial charge in [-0.2, -0.15) is 13.2 Å². The van der Waals surface area contributed by atoms with Crippen molar-refractivity contribution in [3.63, 3.8) is 0 Å². The Hall–Kier alpha value is -2.87. The number of anilines is 2. The lowest BCUT2D eigenvalue weighted by molar-refractivity contribution is -0.137. The number of hydrogen-bond donors (Lipinski definition) is 2. The van der Waals surface area contributed by atoms with Crippen molar-refractivity contribution in [1.29, 1.82) is 0 Å². The Morgan fingerprint density at radius 2 is 1.65 bits per heavy atom. The van der Waals surface area contributed by atoms with Gasteiger partial charge in [-0.3, -0.25) is 9.59 Å². The van der Waals surface area contributed by atoms with E-state index in [9.17, 15) is 22.8 Å². The van der Waals surface area contributed by atoms with Gasteiger partial charge < -0.3 is 15.4 Å². The third kappa shape index (κ3) is 5.59. The molecule has 0 aliphatic heterocycles. The van der Waals surface area contributed by atoms with Crippen LogP contribution in [-0.4, -0.2) is 25.0 Å². The topological polar surface area (TPSA) is 67.4 Å². The van der Waals surface area contributed by atoms with E-state index in [4.69, 9.17) is 4.74 Å². The Balaban J connectivity index is 2.08. The van der Waals surface area contributed by atoms with E-state index in [0.29, 0.717) is 12.3 Å². The highest BCUT2D eigenvalue weighted by molar-refractivity contribution is 6.05. The quantitative estimate of drug-likeness (QED) is 0.814. The van der Waals surface area contributed by atoms with Crippen LogP contribution in [0.1, 0.15) is 22.8 Å². The number of alkyl halides is 3. The predicted octanol–water partition coefficient (Wildman–Crippen LogP) is 3.93. The standard InChI is InChI=1S/C18H17F3N2O3/c1-2-26-11-16(24)22-14-7-3-5-12(9-14)17(25)23-15-8-4-6-13(10-15)18(19,20)21/h3-10H,2,11H2,1H3,(H,22,24)(H,23,25). The van der Waals surface area contributed by atoms with Gasteiger partial charge in [-0.15, -0.1) is 0 Å². The molecule has 0 unspecified atom stereocenters. The van der Waals surface area contributed by atoms with Crippen LogP contribution in [0.15, 0.2) is 48.5 Å². The Kier molecular flexibility index (Phi) is 6.35. The van der Waals surface area contributed by atoms with E-state index in [1.54, 1.807) is 19.1 Å². The highest BCUT2D eigenvalue weighted by Crippen LogP contribution is 2.30. The van der Waals surface area contributed by atoms with Gasteiger partial charge in [-0.05, 0) is 43.3 Å². The van der Waals surface area contributed by atoms with Crippen molar-refractivity contribution >= 4 is 23.2 Å². The minimum atomic E-state index is -4.49. The van der Waals surface area contributed by atoms with Gasteiger partial charge >= 0.3 is 6.18 Å². The van der Waals surface area contributed by atoms with Gasteiger partial charge in [0.25, 0.3) is 5.91 Å². The van der Waals surface area contributed by atoms with Crippen LogP contribution in [0, 0.1) is 0 Å². The molecule has 0 radical (unpaired) electrons. The number of halogens is 3. The molecule has 0 aliphatic carbocycles. The average Bonchev–Trinajstić information content (AvgIpc) is 2.59. The molecular weight excluding hydrogens is 349 g/mol. The zero-order valence-electron chi connectivity index (χ0n) is 13.9. The highest BCUT2D eigenvalue weighted by atomic mass is 19.4. The van der Waals surface area contributed by atoms with Crippen LogP contribution in [0.3, 0.4) is 0 Å². The van der Waals surface area contributed by atoms with Crippen molar-refractivity contribution in [2.75, 3.05) is 23.8 Å².